The number of rotatable bonds is 10. The van der Waals surface area contributed by atoms with Gasteiger partial charge < -0.3 is 19.5 Å². The van der Waals surface area contributed by atoms with Crippen LogP contribution in [0.5, 0.6) is 11.5 Å². The quantitative estimate of drug-likeness (QED) is 0.454. The van der Waals surface area contributed by atoms with Gasteiger partial charge in [0.1, 0.15) is 11.5 Å². The highest BCUT2D eigenvalue weighted by molar-refractivity contribution is 6.08. The average Bonchev–Trinajstić information content (AvgIpc) is 2.93. The summed E-state index contributed by atoms with van der Waals surface area (Å²) in [6.07, 6.45) is 0. The van der Waals surface area contributed by atoms with E-state index in [2.05, 4.69) is 10.2 Å². The van der Waals surface area contributed by atoms with E-state index in [1.54, 1.807) is 43.5 Å². The molecule has 7 heteroatoms. The Labute approximate surface area is 205 Å². The summed E-state index contributed by atoms with van der Waals surface area (Å²) in [6.45, 7) is 3.30. The number of morpholine rings is 1. The molecule has 1 heterocycles. The molecule has 1 fully saturated rings. The van der Waals surface area contributed by atoms with Crippen LogP contribution in [0, 0.1) is 0 Å². The van der Waals surface area contributed by atoms with Crippen LogP contribution in [-0.4, -0.2) is 63.2 Å². The maximum absolute atomic E-state index is 12.5. The predicted molar refractivity (Wildman–Crippen MR) is 133 cm³/mol. The van der Waals surface area contributed by atoms with Crippen molar-refractivity contribution in [3.8, 4) is 11.5 Å². The van der Waals surface area contributed by atoms with Gasteiger partial charge in [-0.3, -0.25) is 14.5 Å². The lowest BCUT2D eigenvalue weighted by Crippen LogP contribution is -2.44. The fraction of sp³-hybridized carbons (Fsp3) is 0.286. The normalized spacial score (nSPS) is 14.7. The molecular formula is C28H30N2O5. The summed E-state index contributed by atoms with van der Waals surface area (Å²) in [5, 5.41) is 3.00. The molecule has 7 nitrogen and oxygen atoms in total. The van der Waals surface area contributed by atoms with Crippen molar-refractivity contribution in [3.63, 3.8) is 0 Å². The van der Waals surface area contributed by atoms with E-state index in [0.29, 0.717) is 36.6 Å². The van der Waals surface area contributed by atoms with Crippen LogP contribution in [0.15, 0.2) is 78.9 Å². The smallest absolute Gasteiger partial charge is 0.258 e. The minimum Gasteiger partial charge on any atom is -0.497 e. The second-order valence-electron chi connectivity index (χ2n) is 8.25. The number of nitrogens with zero attached hydrogens (tertiary/aromatic N) is 1. The first-order chi connectivity index (χ1) is 17.1. The van der Waals surface area contributed by atoms with Gasteiger partial charge in [0, 0.05) is 30.8 Å². The van der Waals surface area contributed by atoms with E-state index in [1.807, 2.05) is 42.5 Å². The zero-order valence-electron chi connectivity index (χ0n) is 19.8. The lowest BCUT2D eigenvalue weighted by atomic mass is 10.0. The molecule has 3 aromatic rings. The first kappa shape index (κ1) is 24.4. The molecule has 0 unspecified atom stereocenters. The highest BCUT2D eigenvalue weighted by atomic mass is 16.5. The predicted octanol–water partition coefficient (Wildman–Crippen LogP) is 3.49. The van der Waals surface area contributed by atoms with E-state index in [-0.39, 0.29) is 24.3 Å². The number of benzene rings is 3. The fourth-order valence-corrected chi connectivity index (χ4v) is 4.04. The molecule has 4 rings (SSSR count). The molecule has 3 aromatic carbocycles. The van der Waals surface area contributed by atoms with Gasteiger partial charge in [0.2, 0.25) is 0 Å². The summed E-state index contributed by atoms with van der Waals surface area (Å²) in [4.78, 5) is 27.4. The Bertz CT molecular complexity index is 1090. The van der Waals surface area contributed by atoms with Crippen molar-refractivity contribution in [2.24, 2.45) is 0 Å². The Balaban J connectivity index is 1.31. The monoisotopic (exact) mass is 474 g/mol. The fourth-order valence-electron chi connectivity index (χ4n) is 4.04. The van der Waals surface area contributed by atoms with Crippen molar-refractivity contribution in [2.75, 3.05) is 46.6 Å². The van der Waals surface area contributed by atoms with Crippen molar-refractivity contribution in [3.05, 3.63) is 95.6 Å². The third-order valence-electron chi connectivity index (χ3n) is 6.00. The molecule has 0 saturated carbocycles. The Morgan fingerprint density at radius 1 is 0.886 bits per heavy atom. The van der Waals surface area contributed by atoms with Crippen LogP contribution in [0.25, 0.3) is 0 Å². The first-order valence-electron chi connectivity index (χ1n) is 11.7. The SMILES string of the molecule is COc1ccc([C@@H](CNC(=O)COc2ccc(C(=O)c3ccccc3)cc2)N2CCOCC2)cc1. The highest BCUT2D eigenvalue weighted by Crippen LogP contribution is 2.24. The number of ketones is 1. The topological polar surface area (TPSA) is 77.1 Å². The van der Waals surface area contributed by atoms with Crippen molar-refractivity contribution in [1.82, 2.24) is 10.2 Å². The summed E-state index contributed by atoms with van der Waals surface area (Å²) >= 11 is 0. The minimum atomic E-state index is -0.207. The second-order valence-corrected chi connectivity index (χ2v) is 8.25. The number of carbonyl (C=O) groups is 2. The van der Waals surface area contributed by atoms with E-state index in [0.717, 1.165) is 24.4 Å². The molecule has 1 aliphatic heterocycles. The largest absolute Gasteiger partial charge is 0.497 e. The Hall–Kier alpha value is -3.68. The van der Waals surface area contributed by atoms with Crippen molar-refractivity contribution in [2.45, 2.75) is 6.04 Å². The van der Waals surface area contributed by atoms with Crippen LogP contribution < -0.4 is 14.8 Å². The molecule has 0 radical (unpaired) electrons. The molecule has 0 aliphatic carbocycles. The van der Waals surface area contributed by atoms with Crippen LogP contribution in [0.4, 0.5) is 0 Å². The van der Waals surface area contributed by atoms with Gasteiger partial charge >= 0.3 is 0 Å². The van der Waals surface area contributed by atoms with Crippen molar-refractivity contribution < 1.29 is 23.8 Å². The molecule has 1 N–H and O–H groups in total. The third-order valence-corrected chi connectivity index (χ3v) is 6.00. The number of methoxy groups -OCH3 is 1. The summed E-state index contributed by atoms with van der Waals surface area (Å²) in [6, 6.07) is 23.9. The molecule has 1 atom stereocenters. The number of amides is 1. The number of carbonyl (C=O) groups excluding carboxylic acids is 2. The van der Waals surface area contributed by atoms with Gasteiger partial charge in [0.25, 0.3) is 5.91 Å². The van der Waals surface area contributed by atoms with E-state index < -0.39 is 0 Å². The minimum absolute atomic E-state index is 0.0250. The Kier molecular flexibility index (Phi) is 8.48. The summed E-state index contributed by atoms with van der Waals surface area (Å²) in [7, 11) is 1.64. The second kappa shape index (κ2) is 12.1. The molecular weight excluding hydrogens is 444 g/mol. The van der Waals surface area contributed by atoms with Gasteiger partial charge in [-0.15, -0.1) is 0 Å². The molecule has 35 heavy (non-hydrogen) atoms. The van der Waals surface area contributed by atoms with Crippen molar-refractivity contribution in [1.29, 1.82) is 0 Å². The molecule has 0 bridgehead atoms. The van der Waals surface area contributed by atoms with Gasteiger partial charge in [0.05, 0.1) is 26.4 Å². The average molecular weight is 475 g/mol. The first-order valence-corrected chi connectivity index (χ1v) is 11.7. The van der Waals surface area contributed by atoms with Gasteiger partial charge in [-0.25, -0.2) is 0 Å². The van der Waals surface area contributed by atoms with Crippen molar-refractivity contribution >= 4 is 11.7 Å². The summed E-state index contributed by atoms with van der Waals surface area (Å²) in [5.41, 5.74) is 2.31. The van der Waals surface area contributed by atoms with Gasteiger partial charge in [0.15, 0.2) is 12.4 Å². The summed E-state index contributed by atoms with van der Waals surface area (Å²) in [5.74, 6) is 1.07. The zero-order chi connectivity index (χ0) is 24.5. The number of nitrogens with one attached hydrogen (secondary N) is 1. The molecule has 1 aliphatic rings. The van der Waals surface area contributed by atoms with Crippen LogP contribution in [0.1, 0.15) is 27.5 Å². The van der Waals surface area contributed by atoms with Crippen LogP contribution in [-0.2, 0) is 9.53 Å². The van der Waals surface area contributed by atoms with E-state index in [4.69, 9.17) is 14.2 Å². The maximum atomic E-state index is 12.5. The van der Waals surface area contributed by atoms with E-state index in [9.17, 15) is 9.59 Å². The maximum Gasteiger partial charge on any atom is 0.258 e. The van der Waals surface area contributed by atoms with Gasteiger partial charge in [-0.1, -0.05) is 42.5 Å². The number of hydrogen-bond acceptors (Lipinski definition) is 6. The number of hydrogen-bond donors (Lipinski definition) is 1. The van der Waals surface area contributed by atoms with Crippen LogP contribution in [0.3, 0.4) is 0 Å². The van der Waals surface area contributed by atoms with Gasteiger partial charge in [-0.2, -0.15) is 0 Å². The Morgan fingerprint density at radius 2 is 1.51 bits per heavy atom. The van der Waals surface area contributed by atoms with E-state index in [1.165, 1.54) is 0 Å². The molecule has 0 spiro atoms. The standard InChI is InChI=1S/C28H30N2O5/c1-33-24-11-7-21(8-12-24)26(30-15-17-34-18-16-30)19-29-27(31)20-35-25-13-9-23(10-14-25)28(32)22-5-3-2-4-6-22/h2-14,26H,15-20H2,1H3,(H,29,31)/t26-/m1/s1. The van der Waals surface area contributed by atoms with E-state index >= 15 is 0 Å². The lowest BCUT2D eigenvalue weighted by molar-refractivity contribution is -0.123. The lowest BCUT2D eigenvalue weighted by Gasteiger charge is -2.35. The Morgan fingerprint density at radius 3 is 2.17 bits per heavy atom. The zero-order valence-corrected chi connectivity index (χ0v) is 19.8. The highest BCUT2D eigenvalue weighted by Gasteiger charge is 2.23. The van der Waals surface area contributed by atoms with Crippen LogP contribution >= 0.6 is 0 Å². The molecule has 1 amide bonds. The third kappa shape index (κ3) is 6.68. The van der Waals surface area contributed by atoms with Crippen LogP contribution in [0.2, 0.25) is 0 Å². The molecule has 1 saturated heterocycles. The summed E-state index contributed by atoms with van der Waals surface area (Å²) < 4.78 is 16.4. The molecule has 0 aromatic heterocycles. The molecule has 182 valence electrons. The number of ether oxygens (including phenoxy) is 3. The van der Waals surface area contributed by atoms with Gasteiger partial charge in [-0.05, 0) is 42.0 Å².